The van der Waals surface area contributed by atoms with Gasteiger partial charge in [0.25, 0.3) is 10.2 Å². The van der Waals surface area contributed by atoms with Crippen LogP contribution in [0.2, 0.25) is 0 Å². The second-order valence-corrected chi connectivity index (χ2v) is 6.46. The predicted molar refractivity (Wildman–Crippen MR) is 64.3 cm³/mol. The molecular formula is C10H20N2O5S. The first-order chi connectivity index (χ1) is 8.55. The van der Waals surface area contributed by atoms with E-state index in [1.165, 1.54) is 8.61 Å². The van der Waals surface area contributed by atoms with Crippen molar-refractivity contribution in [3.8, 4) is 0 Å². The van der Waals surface area contributed by atoms with Crippen molar-refractivity contribution in [1.29, 1.82) is 0 Å². The summed E-state index contributed by atoms with van der Waals surface area (Å²) in [6.45, 7) is 3.80. The predicted octanol–water partition coefficient (Wildman–Crippen LogP) is -1.35. The highest BCUT2D eigenvalue weighted by molar-refractivity contribution is 7.86. The molecule has 7 nitrogen and oxygen atoms in total. The molecule has 0 spiro atoms. The molecule has 2 heterocycles. The fraction of sp³-hybridized carbons (Fsp3) is 1.00. The molecule has 2 unspecified atom stereocenters. The number of ether oxygens (including phenoxy) is 2. The van der Waals surface area contributed by atoms with Gasteiger partial charge in [0, 0.05) is 25.7 Å². The molecule has 8 heteroatoms. The zero-order chi connectivity index (χ0) is 13.2. The first-order valence-corrected chi connectivity index (χ1v) is 7.52. The number of aliphatic hydroxyl groups excluding tert-OH is 1. The summed E-state index contributed by atoms with van der Waals surface area (Å²) in [6.07, 6.45) is -0.433. The molecule has 0 radical (unpaired) electrons. The quantitative estimate of drug-likeness (QED) is 0.691. The highest BCUT2D eigenvalue weighted by Gasteiger charge is 2.38. The molecule has 0 aromatic rings. The van der Waals surface area contributed by atoms with Gasteiger partial charge in [0.2, 0.25) is 0 Å². The Labute approximate surface area is 107 Å². The van der Waals surface area contributed by atoms with Crippen molar-refractivity contribution >= 4 is 10.2 Å². The smallest absolute Gasteiger partial charge is 0.282 e. The first-order valence-electron chi connectivity index (χ1n) is 6.13. The third-order valence-electron chi connectivity index (χ3n) is 3.24. The average molecular weight is 280 g/mol. The summed E-state index contributed by atoms with van der Waals surface area (Å²) in [5.41, 5.74) is 0. The van der Waals surface area contributed by atoms with Crippen molar-refractivity contribution in [2.24, 2.45) is 0 Å². The summed E-state index contributed by atoms with van der Waals surface area (Å²) in [5, 5.41) is 9.09. The van der Waals surface area contributed by atoms with Crippen molar-refractivity contribution in [1.82, 2.24) is 8.61 Å². The van der Waals surface area contributed by atoms with Crippen LogP contribution in [0.15, 0.2) is 0 Å². The van der Waals surface area contributed by atoms with E-state index in [0.29, 0.717) is 32.9 Å². The minimum Gasteiger partial charge on any atom is -0.394 e. The van der Waals surface area contributed by atoms with Crippen LogP contribution in [0.4, 0.5) is 0 Å². The maximum atomic E-state index is 12.5. The highest BCUT2D eigenvalue weighted by atomic mass is 32.2. The van der Waals surface area contributed by atoms with E-state index < -0.39 is 16.3 Å². The summed E-state index contributed by atoms with van der Waals surface area (Å²) >= 11 is 0. The van der Waals surface area contributed by atoms with Crippen LogP contribution in [-0.4, -0.2) is 80.3 Å². The molecule has 2 fully saturated rings. The van der Waals surface area contributed by atoms with Gasteiger partial charge in [0.1, 0.15) is 0 Å². The van der Waals surface area contributed by atoms with Crippen LogP contribution in [0.1, 0.15) is 6.92 Å². The van der Waals surface area contributed by atoms with E-state index >= 15 is 0 Å². The maximum Gasteiger partial charge on any atom is 0.282 e. The Morgan fingerprint density at radius 1 is 1.33 bits per heavy atom. The van der Waals surface area contributed by atoms with Gasteiger partial charge >= 0.3 is 0 Å². The Kier molecular flexibility index (Phi) is 4.57. The van der Waals surface area contributed by atoms with E-state index in [1.807, 2.05) is 6.92 Å². The highest BCUT2D eigenvalue weighted by Crippen LogP contribution is 2.19. The Morgan fingerprint density at radius 2 is 2.00 bits per heavy atom. The van der Waals surface area contributed by atoms with Crippen molar-refractivity contribution in [2.75, 3.05) is 46.1 Å². The molecule has 2 atom stereocenters. The molecule has 0 aliphatic carbocycles. The fourth-order valence-electron chi connectivity index (χ4n) is 2.15. The molecule has 2 aliphatic heterocycles. The Balaban J connectivity index is 2.11. The summed E-state index contributed by atoms with van der Waals surface area (Å²) in [7, 11) is -3.48. The molecule has 2 saturated heterocycles. The number of rotatable bonds is 3. The molecule has 2 rings (SSSR count). The molecular weight excluding hydrogens is 260 g/mol. The summed E-state index contributed by atoms with van der Waals surface area (Å²) in [6, 6.07) is -0.208. The second-order valence-electron chi connectivity index (χ2n) is 4.58. The Morgan fingerprint density at radius 3 is 2.61 bits per heavy atom. The van der Waals surface area contributed by atoms with E-state index in [4.69, 9.17) is 14.6 Å². The van der Waals surface area contributed by atoms with Crippen LogP contribution >= 0.6 is 0 Å². The molecule has 0 bridgehead atoms. The van der Waals surface area contributed by atoms with E-state index in [2.05, 4.69) is 0 Å². The summed E-state index contributed by atoms with van der Waals surface area (Å²) in [4.78, 5) is 0. The van der Waals surface area contributed by atoms with Gasteiger partial charge in [-0.15, -0.1) is 0 Å². The van der Waals surface area contributed by atoms with Crippen molar-refractivity contribution in [3.63, 3.8) is 0 Å². The lowest BCUT2D eigenvalue weighted by Gasteiger charge is -2.39. The lowest BCUT2D eigenvalue weighted by atomic mass is 10.2. The topological polar surface area (TPSA) is 79.3 Å². The van der Waals surface area contributed by atoms with Crippen LogP contribution < -0.4 is 0 Å². The van der Waals surface area contributed by atoms with E-state index in [1.54, 1.807) is 0 Å². The van der Waals surface area contributed by atoms with Crippen LogP contribution in [0.5, 0.6) is 0 Å². The minimum absolute atomic E-state index is 0.165. The SMILES string of the molecule is CC1COC(CO)CN1S(=O)(=O)N1CCOCC1. The van der Waals surface area contributed by atoms with Crippen LogP contribution in [0.3, 0.4) is 0 Å². The van der Waals surface area contributed by atoms with Crippen molar-refractivity contribution < 1.29 is 23.0 Å². The zero-order valence-corrected chi connectivity index (χ0v) is 11.3. The summed E-state index contributed by atoms with van der Waals surface area (Å²) in [5.74, 6) is 0. The number of hydrogen-bond donors (Lipinski definition) is 1. The van der Waals surface area contributed by atoms with Gasteiger partial charge in [-0.3, -0.25) is 0 Å². The average Bonchev–Trinajstić information content (AvgIpc) is 2.40. The van der Waals surface area contributed by atoms with Crippen LogP contribution in [0, 0.1) is 0 Å². The fourth-order valence-corrected chi connectivity index (χ4v) is 3.93. The molecule has 0 saturated carbocycles. The molecule has 0 aromatic carbocycles. The normalized spacial score (nSPS) is 32.6. The first kappa shape index (κ1) is 14.2. The lowest BCUT2D eigenvalue weighted by molar-refractivity contribution is -0.0539. The van der Waals surface area contributed by atoms with Gasteiger partial charge in [-0.1, -0.05) is 0 Å². The standard InChI is InChI=1S/C10H20N2O5S/c1-9-8-17-10(7-13)6-12(9)18(14,15)11-2-4-16-5-3-11/h9-10,13H,2-8H2,1H3. The van der Waals surface area contributed by atoms with Crippen LogP contribution in [-0.2, 0) is 19.7 Å². The monoisotopic (exact) mass is 280 g/mol. The van der Waals surface area contributed by atoms with Crippen LogP contribution in [0.25, 0.3) is 0 Å². The van der Waals surface area contributed by atoms with Gasteiger partial charge in [-0.05, 0) is 6.92 Å². The van der Waals surface area contributed by atoms with Gasteiger partial charge in [-0.2, -0.15) is 17.0 Å². The van der Waals surface area contributed by atoms with Crippen molar-refractivity contribution in [3.05, 3.63) is 0 Å². The molecule has 106 valence electrons. The largest absolute Gasteiger partial charge is 0.394 e. The van der Waals surface area contributed by atoms with Gasteiger partial charge in [0.05, 0.1) is 32.5 Å². The van der Waals surface area contributed by atoms with Gasteiger partial charge < -0.3 is 14.6 Å². The van der Waals surface area contributed by atoms with Gasteiger partial charge in [0.15, 0.2) is 0 Å². The van der Waals surface area contributed by atoms with E-state index in [9.17, 15) is 8.42 Å². The summed E-state index contributed by atoms with van der Waals surface area (Å²) < 4.78 is 38.3. The van der Waals surface area contributed by atoms with Crippen molar-refractivity contribution in [2.45, 2.75) is 19.1 Å². The zero-order valence-electron chi connectivity index (χ0n) is 10.5. The van der Waals surface area contributed by atoms with E-state index in [0.717, 1.165) is 0 Å². The number of hydrogen-bond acceptors (Lipinski definition) is 5. The lowest BCUT2D eigenvalue weighted by Crippen LogP contribution is -2.57. The number of morpholine rings is 2. The second kappa shape index (κ2) is 5.81. The maximum absolute atomic E-state index is 12.5. The third-order valence-corrected chi connectivity index (χ3v) is 5.36. The molecule has 1 N–H and O–H groups in total. The van der Waals surface area contributed by atoms with E-state index in [-0.39, 0.29) is 19.2 Å². The van der Waals surface area contributed by atoms with Gasteiger partial charge in [-0.25, -0.2) is 0 Å². The molecule has 2 aliphatic rings. The minimum atomic E-state index is -3.48. The molecule has 0 aromatic heterocycles. The number of aliphatic hydroxyl groups is 1. The third kappa shape index (κ3) is 2.84. The molecule has 18 heavy (non-hydrogen) atoms. The Bertz CT molecular complexity index is 368. The molecule has 0 amide bonds. The Hall–Kier alpha value is -0.250. The number of nitrogens with zero attached hydrogens (tertiary/aromatic N) is 2.